The van der Waals surface area contributed by atoms with Crippen LogP contribution in [-0.4, -0.2) is 19.1 Å². The van der Waals surface area contributed by atoms with Gasteiger partial charge in [0.25, 0.3) is 0 Å². The Morgan fingerprint density at radius 1 is 1.16 bits per heavy atom. The van der Waals surface area contributed by atoms with Crippen LogP contribution in [0.15, 0.2) is 42.5 Å². The summed E-state index contributed by atoms with van der Waals surface area (Å²) in [6.07, 6.45) is -0.512. The van der Waals surface area contributed by atoms with E-state index < -0.39 is 6.10 Å². The fourth-order valence-electron chi connectivity index (χ4n) is 2.85. The molecule has 0 fully saturated rings. The van der Waals surface area contributed by atoms with Gasteiger partial charge < -0.3 is 20.1 Å². The quantitative estimate of drug-likeness (QED) is 0.813. The first-order chi connectivity index (χ1) is 12.2. The predicted molar refractivity (Wildman–Crippen MR) is 96.1 cm³/mol. The van der Waals surface area contributed by atoms with E-state index in [2.05, 4.69) is 28.8 Å². The average Bonchev–Trinajstić information content (AvgIpc) is 3.12. The van der Waals surface area contributed by atoms with E-state index in [1.165, 1.54) is 11.1 Å². The SMILES string of the molecule is COc1cccc(COC(C)C(=O)NCc2ccc3c(c2)CNC3)c1. The van der Waals surface area contributed by atoms with Crippen molar-refractivity contribution >= 4 is 5.91 Å². The van der Waals surface area contributed by atoms with E-state index in [1.807, 2.05) is 24.3 Å². The summed E-state index contributed by atoms with van der Waals surface area (Å²) in [5, 5.41) is 6.26. The van der Waals surface area contributed by atoms with Crippen molar-refractivity contribution in [3.05, 3.63) is 64.7 Å². The highest BCUT2D eigenvalue weighted by atomic mass is 16.5. The van der Waals surface area contributed by atoms with Crippen LogP contribution in [-0.2, 0) is 35.8 Å². The highest BCUT2D eigenvalue weighted by Crippen LogP contribution is 2.17. The van der Waals surface area contributed by atoms with E-state index in [1.54, 1.807) is 14.0 Å². The summed E-state index contributed by atoms with van der Waals surface area (Å²) in [6.45, 7) is 4.48. The molecule has 1 amide bonds. The molecule has 1 aliphatic heterocycles. The van der Waals surface area contributed by atoms with Crippen molar-refractivity contribution in [1.29, 1.82) is 0 Å². The molecule has 2 aromatic rings. The number of hydrogen-bond donors (Lipinski definition) is 2. The van der Waals surface area contributed by atoms with Crippen LogP contribution in [0, 0.1) is 0 Å². The van der Waals surface area contributed by atoms with Gasteiger partial charge >= 0.3 is 0 Å². The predicted octanol–water partition coefficient (Wildman–Crippen LogP) is 2.52. The van der Waals surface area contributed by atoms with Gasteiger partial charge in [0, 0.05) is 19.6 Å². The van der Waals surface area contributed by atoms with Crippen LogP contribution in [0.2, 0.25) is 0 Å². The van der Waals surface area contributed by atoms with Gasteiger partial charge in [0.15, 0.2) is 0 Å². The zero-order chi connectivity index (χ0) is 17.6. The summed E-state index contributed by atoms with van der Waals surface area (Å²) in [5.74, 6) is 0.672. The summed E-state index contributed by atoms with van der Waals surface area (Å²) < 4.78 is 10.9. The van der Waals surface area contributed by atoms with E-state index in [0.717, 1.165) is 30.0 Å². The van der Waals surface area contributed by atoms with Gasteiger partial charge in [-0.05, 0) is 41.3 Å². The second-order valence-electron chi connectivity index (χ2n) is 6.23. The maximum atomic E-state index is 12.2. The molecule has 1 heterocycles. The molecule has 1 unspecified atom stereocenters. The highest BCUT2D eigenvalue weighted by Gasteiger charge is 2.14. The Hall–Kier alpha value is -2.37. The molecule has 2 N–H and O–H groups in total. The number of fused-ring (bicyclic) bond motifs is 1. The van der Waals surface area contributed by atoms with Crippen molar-refractivity contribution < 1.29 is 14.3 Å². The van der Waals surface area contributed by atoms with E-state index in [-0.39, 0.29) is 5.91 Å². The monoisotopic (exact) mass is 340 g/mol. The molecule has 0 aliphatic carbocycles. The summed E-state index contributed by atoms with van der Waals surface area (Å²) in [7, 11) is 1.63. The molecule has 1 aliphatic rings. The second-order valence-corrected chi connectivity index (χ2v) is 6.23. The van der Waals surface area contributed by atoms with E-state index >= 15 is 0 Å². The van der Waals surface area contributed by atoms with Crippen LogP contribution in [0.3, 0.4) is 0 Å². The molecule has 0 spiro atoms. The van der Waals surface area contributed by atoms with Crippen molar-refractivity contribution in [3.8, 4) is 5.75 Å². The molecule has 0 bridgehead atoms. The van der Waals surface area contributed by atoms with Crippen LogP contribution in [0.4, 0.5) is 0 Å². The molecule has 5 heteroatoms. The van der Waals surface area contributed by atoms with Gasteiger partial charge in [-0.2, -0.15) is 0 Å². The fraction of sp³-hybridized carbons (Fsp3) is 0.350. The van der Waals surface area contributed by atoms with Crippen LogP contribution in [0.5, 0.6) is 5.75 Å². The Labute approximate surface area is 148 Å². The molecule has 2 aromatic carbocycles. The number of methoxy groups -OCH3 is 1. The van der Waals surface area contributed by atoms with Crippen LogP contribution in [0.25, 0.3) is 0 Å². The number of hydrogen-bond acceptors (Lipinski definition) is 4. The van der Waals surface area contributed by atoms with Crippen molar-refractivity contribution in [2.75, 3.05) is 7.11 Å². The Bertz CT molecular complexity index is 745. The summed E-state index contributed by atoms with van der Waals surface area (Å²) in [4.78, 5) is 12.2. The van der Waals surface area contributed by atoms with Crippen molar-refractivity contribution in [2.24, 2.45) is 0 Å². The van der Waals surface area contributed by atoms with Gasteiger partial charge in [0.2, 0.25) is 5.91 Å². The Morgan fingerprint density at radius 3 is 2.84 bits per heavy atom. The van der Waals surface area contributed by atoms with Crippen molar-refractivity contribution in [1.82, 2.24) is 10.6 Å². The largest absolute Gasteiger partial charge is 0.497 e. The van der Waals surface area contributed by atoms with Crippen LogP contribution >= 0.6 is 0 Å². The Kier molecular flexibility index (Phi) is 5.68. The zero-order valence-corrected chi connectivity index (χ0v) is 14.7. The maximum Gasteiger partial charge on any atom is 0.249 e. The van der Waals surface area contributed by atoms with Gasteiger partial charge in [0.05, 0.1) is 13.7 Å². The Balaban J connectivity index is 1.47. The topological polar surface area (TPSA) is 59.6 Å². The fourth-order valence-corrected chi connectivity index (χ4v) is 2.85. The highest BCUT2D eigenvalue weighted by molar-refractivity contribution is 5.80. The molecule has 1 atom stereocenters. The second kappa shape index (κ2) is 8.14. The first kappa shape index (κ1) is 17.5. The minimum Gasteiger partial charge on any atom is -0.497 e. The minimum absolute atomic E-state index is 0.110. The molecule has 0 saturated heterocycles. The summed E-state index contributed by atoms with van der Waals surface area (Å²) in [5.41, 5.74) is 4.74. The molecule has 0 radical (unpaired) electrons. The van der Waals surface area contributed by atoms with Crippen molar-refractivity contribution in [3.63, 3.8) is 0 Å². The summed E-state index contributed by atoms with van der Waals surface area (Å²) in [6, 6.07) is 14.0. The zero-order valence-electron chi connectivity index (χ0n) is 14.7. The third-order valence-corrected chi connectivity index (χ3v) is 4.37. The summed E-state index contributed by atoms with van der Waals surface area (Å²) >= 11 is 0. The average molecular weight is 340 g/mol. The van der Waals surface area contributed by atoms with E-state index in [4.69, 9.17) is 9.47 Å². The molecular weight excluding hydrogens is 316 g/mol. The molecule has 3 rings (SSSR count). The molecule has 0 saturated carbocycles. The van der Waals surface area contributed by atoms with Gasteiger partial charge in [-0.25, -0.2) is 0 Å². The molecule has 0 aromatic heterocycles. The molecular formula is C20H24N2O3. The van der Waals surface area contributed by atoms with Crippen LogP contribution < -0.4 is 15.4 Å². The number of carbonyl (C=O) groups excluding carboxylic acids is 1. The van der Waals surface area contributed by atoms with Crippen LogP contribution in [0.1, 0.15) is 29.2 Å². The normalized spacial score (nSPS) is 14.0. The van der Waals surface area contributed by atoms with E-state index in [9.17, 15) is 4.79 Å². The first-order valence-corrected chi connectivity index (χ1v) is 8.49. The third-order valence-electron chi connectivity index (χ3n) is 4.37. The lowest BCUT2D eigenvalue weighted by Gasteiger charge is -2.14. The molecule has 25 heavy (non-hydrogen) atoms. The van der Waals surface area contributed by atoms with Gasteiger partial charge in [0.1, 0.15) is 11.9 Å². The smallest absolute Gasteiger partial charge is 0.249 e. The minimum atomic E-state index is -0.512. The number of nitrogens with one attached hydrogen (secondary N) is 2. The maximum absolute atomic E-state index is 12.2. The van der Waals surface area contributed by atoms with E-state index in [0.29, 0.717) is 13.2 Å². The standard InChI is InChI=1S/C20H24N2O3/c1-14(25-13-16-4-3-5-19(9-16)24-2)20(23)22-10-15-6-7-17-11-21-12-18(17)8-15/h3-9,14,21H,10-13H2,1-2H3,(H,22,23). The lowest BCUT2D eigenvalue weighted by molar-refractivity contribution is -0.132. The van der Waals surface area contributed by atoms with Gasteiger partial charge in [-0.3, -0.25) is 4.79 Å². The lowest BCUT2D eigenvalue weighted by atomic mass is 10.1. The number of amides is 1. The number of rotatable bonds is 7. The molecule has 5 nitrogen and oxygen atoms in total. The number of benzene rings is 2. The lowest BCUT2D eigenvalue weighted by Crippen LogP contribution is -2.34. The van der Waals surface area contributed by atoms with Gasteiger partial charge in [-0.15, -0.1) is 0 Å². The third kappa shape index (κ3) is 4.59. The van der Waals surface area contributed by atoms with Crippen molar-refractivity contribution in [2.45, 2.75) is 39.3 Å². The first-order valence-electron chi connectivity index (χ1n) is 8.49. The number of ether oxygens (including phenoxy) is 2. The molecule has 132 valence electrons. The van der Waals surface area contributed by atoms with Gasteiger partial charge in [-0.1, -0.05) is 30.3 Å². The Morgan fingerprint density at radius 2 is 2.00 bits per heavy atom. The number of carbonyl (C=O) groups is 1.